The molecule has 2 aromatic rings. The van der Waals surface area contributed by atoms with Gasteiger partial charge < -0.3 is 11.1 Å². The van der Waals surface area contributed by atoms with E-state index in [1.54, 1.807) is 12.3 Å². The molecule has 0 aliphatic heterocycles. The maximum absolute atomic E-state index is 6.08. The molecule has 16 heavy (non-hydrogen) atoms. The third kappa shape index (κ3) is 2.41. The number of nitrogens with one attached hydrogen (secondary N) is 1. The molecule has 0 fully saturated rings. The fraction of sp³-hybridized carbons (Fsp3) is 0.0909. The van der Waals surface area contributed by atoms with Crippen molar-refractivity contribution in [3.8, 4) is 0 Å². The Morgan fingerprint density at radius 2 is 2.12 bits per heavy atom. The number of benzene rings is 1. The lowest BCUT2D eigenvalue weighted by Crippen LogP contribution is -1.99. The molecule has 1 aromatic carbocycles. The quantitative estimate of drug-likeness (QED) is 0.839. The molecule has 0 saturated carbocycles. The molecule has 1 heterocycles. The highest BCUT2D eigenvalue weighted by atomic mass is 35.5. The number of aryl methyl sites for hydroxylation is 1. The SMILES string of the molecule is Cc1ccc(Nc2ccnc(N)n2)c(Cl)c1. The first-order valence-electron chi connectivity index (χ1n) is 4.77. The van der Waals surface area contributed by atoms with Crippen molar-refractivity contribution in [1.82, 2.24) is 9.97 Å². The summed E-state index contributed by atoms with van der Waals surface area (Å²) in [6.07, 6.45) is 1.59. The molecule has 0 aliphatic carbocycles. The first kappa shape index (κ1) is 10.7. The van der Waals surface area contributed by atoms with Gasteiger partial charge in [0, 0.05) is 6.20 Å². The molecule has 5 heteroatoms. The molecule has 3 N–H and O–H groups in total. The van der Waals surface area contributed by atoms with Gasteiger partial charge in [-0.2, -0.15) is 4.98 Å². The van der Waals surface area contributed by atoms with E-state index in [0.717, 1.165) is 11.3 Å². The summed E-state index contributed by atoms with van der Waals surface area (Å²) >= 11 is 6.08. The van der Waals surface area contributed by atoms with Crippen LogP contribution < -0.4 is 11.1 Å². The van der Waals surface area contributed by atoms with Gasteiger partial charge in [-0.05, 0) is 30.7 Å². The molecule has 0 radical (unpaired) electrons. The predicted octanol–water partition coefficient (Wildman–Crippen LogP) is 2.76. The highest BCUT2D eigenvalue weighted by Crippen LogP contribution is 2.25. The molecule has 4 nitrogen and oxygen atoms in total. The van der Waals surface area contributed by atoms with E-state index in [9.17, 15) is 0 Å². The second-order valence-electron chi connectivity index (χ2n) is 3.41. The van der Waals surface area contributed by atoms with Crippen LogP contribution in [0, 0.1) is 6.92 Å². The molecule has 0 unspecified atom stereocenters. The van der Waals surface area contributed by atoms with Crippen molar-refractivity contribution in [1.29, 1.82) is 0 Å². The minimum atomic E-state index is 0.230. The third-order valence-electron chi connectivity index (χ3n) is 2.06. The molecule has 0 bridgehead atoms. The number of halogens is 1. The van der Waals surface area contributed by atoms with Crippen LogP contribution in [-0.4, -0.2) is 9.97 Å². The van der Waals surface area contributed by atoms with E-state index in [-0.39, 0.29) is 5.95 Å². The Bertz CT molecular complexity index is 513. The normalized spacial score (nSPS) is 10.1. The number of anilines is 3. The average molecular weight is 235 g/mol. The fourth-order valence-corrected chi connectivity index (χ4v) is 1.59. The number of nitrogen functional groups attached to an aromatic ring is 1. The number of aromatic nitrogens is 2. The van der Waals surface area contributed by atoms with Crippen molar-refractivity contribution in [2.45, 2.75) is 6.92 Å². The van der Waals surface area contributed by atoms with Crippen LogP contribution in [0.1, 0.15) is 5.56 Å². The summed E-state index contributed by atoms with van der Waals surface area (Å²) < 4.78 is 0. The zero-order chi connectivity index (χ0) is 11.5. The number of hydrogen-bond donors (Lipinski definition) is 2. The van der Waals surface area contributed by atoms with Gasteiger partial charge in [-0.25, -0.2) is 4.98 Å². The van der Waals surface area contributed by atoms with Gasteiger partial charge in [-0.15, -0.1) is 0 Å². The third-order valence-corrected chi connectivity index (χ3v) is 2.37. The Morgan fingerprint density at radius 1 is 1.31 bits per heavy atom. The van der Waals surface area contributed by atoms with Gasteiger partial charge in [0.05, 0.1) is 10.7 Å². The van der Waals surface area contributed by atoms with Gasteiger partial charge in [-0.1, -0.05) is 17.7 Å². The highest BCUT2D eigenvalue weighted by Gasteiger charge is 2.02. The van der Waals surface area contributed by atoms with Crippen molar-refractivity contribution < 1.29 is 0 Å². The number of rotatable bonds is 2. The maximum atomic E-state index is 6.08. The Morgan fingerprint density at radius 3 is 2.81 bits per heavy atom. The minimum absolute atomic E-state index is 0.230. The van der Waals surface area contributed by atoms with Gasteiger partial charge in [-0.3, -0.25) is 0 Å². The Labute approximate surface area is 98.5 Å². The average Bonchev–Trinajstić information content (AvgIpc) is 2.22. The molecular formula is C11H11ClN4. The summed E-state index contributed by atoms with van der Waals surface area (Å²) in [4.78, 5) is 7.84. The fourth-order valence-electron chi connectivity index (χ4n) is 1.30. The van der Waals surface area contributed by atoms with E-state index >= 15 is 0 Å². The van der Waals surface area contributed by atoms with E-state index < -0.39 is 0 Å². The molecule has 82 valence electrons. The van der Waals surface area contributed by atoms with Crippen LogP contribution in [0.25, 0.3) is 0 Å². The Balaban J connectivity index is 2.27. The molecule has 0 amide bonds. The van der Waals surface area contributed by atoms with Gasteiger partial charge in [0.1, 0.15) is 5.82 Å². The minimum Gasteiger partial charge on any atom is -0.368 e. The first-order chi connectivity index (χ1) is 7.65. The van der Waals surface area contributed by atoms with Crippen LogP contribution >= 0.6 is 11.6 Å². The zero-order valence-electron chi connectivity index (χ0n) is 8.74. The summed E-state index contributed by atoms with van der Waals surface area (Å²) in [5.74, 6) is 0.853. The predicted molar refractivity (Wildman–Crippen MR) is 65.9 cm³/mol. The van der Waals surface area contributed by atoms with Crippen molar-refractivity contribution >= 4 is 29.1 Å². The van der Waals surface area contributed by atoms with E-state index in [1.807, 2.05) is 25.1 Å². The molecule has 0 atom stereocenters. The van der Waals surface area contributed by atoms with Crippen LogP contribution in [0.3, 0.4) is 0 Å². The van der Waals surface area contributed by atoms with Crippen molar-refractivity contribution in [3.63, 3.8) is 0 Å². The summed E-state index contributed by atoms with van der Waals surface area (Å²) in [7, 11) is 0. The van der Waals surface area contributed by atoms with Crippen molar-refractivity contribution in [2.24, 2.45) is 0 Å². The van der Waals surface area contributed by atoms with E-state index in [1.165, 1.54) is 0 Å². The lowest BCUT2D eigenvalue weighted by Gasteiger charge is -2.08. The summed E-state index contributed by atoms with van der Waals surface area (Å²) in [5, 5.41) is 3.73. The van der Waals surface area contributed by atoms with Crippen LogP contribution in [0.2, 0.25) is 5.02 Å². The van der Waals surface area contributed by atoms with Gasteiger partial charge >= 0.3 is 0 Å². The number of nitrogens with zero attached hydrogens (tertiary/aromatic N) is 2. The summed E-state index contributed by atoms with van der Waals surface area (Å²) in [5.41, 5.74) is 7.38. The lowest BCUT2D eigenvalue weighted by molar-refractivity contribution is 1.18. The van der Waals surface area contributed by atoms with Crippen LogP contribution in [0.5, 0.6) is 0 Å². The van der Waals surface area contributed by atoms with Gasteiger partial charge in [0.25, 0.3) is 0 Å². The second-order valence-corrected chi connectivity index (χ2v) is 3.82. The largest absolute Gasteiger partial charge is 0.368 e. The van der Waals surface area contributed by atoms with Gasteiger partial charge in [0.2, 0.25) is 5.95 Å². The standard InChI is InChI=1S/C11H11ClN4/c1-7-2-3-9(8(12)6-7)15-10-4-5-14-11(13)16-10/h2-6H,1H3,(H3,13,14,15,16). The van der Waals surface area contributed by atoms with Crippen LogP contribution in [0.15, 0.2) is 30.5 Å². The van der Waals surface area contributed by atoms with Crippen molar-refractivity contribution in [2.75, 3.05) is 11.1 Å². The summed E-state index contributed by atoms with van der Waals surface area (Å²) in [6, 6.07) is 7.48. The number of nitrogens with two attached hydrogens (primary N) is 1. The molecule has 1 aromatic heterocycles. The van der Waals surface area contributed by atoms with Crippen LogP contribution in [0.4, 0.5) is 17.5 Å². The van der Waals surface area contributed by atoms with E-state index in [0.29, 0.717) is 10.8 Å². The molecular weight excluding hydrogens is 224 g/mol. The Kier molecular flexibility index (Phi) is 2.92. The molecule has 0 aliphatic rings. The van der Waals surface area contributed by atoms with E-state index in [4.69, 9.17) is 17.3 Å². The maximum Gasteiger partial charge on any atom is 0.221 e. The zero-order valence-corrected chi connectivity index (χ0v) is 9.49. The topological polar surface area (TPSA) is 63.8 Å². The lowest BCUT2D eigenvalue weighted by atomic mass is 10.2. The highest BCUT2D eigenvalue weighted by molar-refractivity contribution is 6.33. The Hall–Kier alpha value is -1.81. The molecule has 0 spiro atoms. The monoisotopic (exact) mass is 234 g/mol. The van der Waals surface area contributed by atoms with Gasteiger partial charge in [0.15, 0.2) is 0 Å². The molecule has 0 saturated heterocycles. The number of hydrogen-bond acceptors (Lipinski definition) is 4. The molecule has 2 rings (SSSR count). The smallest absolute Gasteiger partial charge is 0.221 e. The van der Waals surface area contributed by atoms with Crippen LogP contribution in [-0.2, 0) is 0 Å². The second kappa shape index (κ2) is 4.37. The summed E-state index contributed by atoms with van der Waals surface area (Å²) in [6.45, 7) is 1.98. The van der Waals surface area contributed by atoms with Crippen molar-refractivity contribution in [3.05, 3.63) is 41.0 Å². The first-order valence-corrected chi connectivity index (χ1v) is 5.14. The van der Waals surface area contributed by atoms with E-state index in [2.05, 4.69) is 15.3 Å².